The van der Waals surface area contributed by atoms with Crippen LogP contribution in [0.4, 0.5) is 0 Å². The number of ether oxygens (including phenoxy) is 1. The van der Waals surface area contributed by atoms with Crippen LogP contribution in [0.3, 0.4) is 0 Å². The summed E-state index contributed by atoms with van der Waals surface area (Å²) in [4.78, 5) is 0. The molecule has 110 valence electrons. The Labute approximate surface area is 135 Å². The van der Waals surface area contributed by atoms with Crippen molar-refractivity contribution in [2.24, 2.45) is 0 Å². The van der Waals surface area contributed by atoms with Crippen LogP contribution in [0.2, 0.25) is 10.0 Å². The molecule has 1 heterocycles. The van der Waals surface area contributed by atoms with E-state index < -0.39 is 0 Å². The second-order valence-electron chi connectivity index (χ2n) is 5.32. The van der Waals surface area contributed by atoms with Gasteiger partial charge in [0.15, 0.2) is 0 Å². The van der Waals surface area contributed by atoms with Crippen LogP contribution < -0.4 is 10.1 Å². The van der Waals surface area contributed by atoms with E-state index in [-0.39, 0.29) is 12.1 Å². The number of halogens is 2. The second kappa shape index (κ2) is 6.27. The van der Waals surface area contributed by atoms with Gasteiger partial charge in [0.05, 0.1) is 10.0 Å². The minimum atomic E-state index is 0.141. The average Bonchev–Trinajstić information content (AvgIpc) is 2.92. The fourth-order valence-corrected chi connectivity index (χ4v) is 3.09. The van der Waals surface area contributed by atoms with E-state index in [9.17, 15) is 0 Å². The number of rotatable bonds is 4. The van der Waals surface area contributed by atoms with Crippen molar-refractivity contribution in [3.63, 3.8) is 0 Å². The molecule has 0 amide bonds. The molecule has 2 aromatic carbocycles. The molecule has 0 bridgehead atoms. The number of para-hydroxylation sites is 1. The van der Waals surface area contributed by atoms with Gasteiger partial charge in [-0.2, -0.15) is 0 Å². The molecular weight excluding hydrogens is 305 g/mol. The summed E-state index contributed by atoms with van der Waals surface area (Å²) in [7, 11) is 1.97. The minimum Gasteiger partial charge on any atom is -0.488 e. The molecule has 0 fully saturated rings. The molecule has 0 aliphatic carbocycles. The highest BCUT2D eigenvalue weighted by Crippen LogP contribution is 2.31. The van der Waals surface area contributed by atoms with E-state index in [1.165, 1.54) is 5.56 Å². The topological polar surface area (TPSA) is 21.3 Å². The molecule has 0 saturated heterocycles. The molecule has 2 aromatic rings. The van der Waals surface area contributed by atoms with Gasteiger partial charge in [-0.1, -0.05) is 47.5 Å². The molecule has 0 aromatic heterocycles. The lowest BCUT2D eigenvalue weighted by Crippen LogP contribution is -2.42. The highest BCUT2D eigenvalue weighted by atomic mass is 35.5. The first-order valence-electron chi connectivity index (χ1n) is 7.03. The standard InChI is InChI=1S/C17H17Cl2NO/c1-20-15(9-11-6-7-13(18)14(19)8-11)17-10-12-4-2-3-5-16(12)21-17/h2-8,15,17,20H,9-10H2,1H3. The first-order chi connectivity index (χ1) is 10.2. The summed E-state index contributed by atoms with van der Waals surface area (Å²) < 4.78 is 6.06. The van der Waals surface area contributed by atoms with Gasteiger partial charge in [-0.15, -0.1) is 0 Å². The van der Waals surface area contributed by atoms with Gasteiger partial charge < -0.3 is 10.1 Å². The Morgan fingerprint density at radius 2 is 2.00 bits per heavy atom. The summed E-state index contributed by atoms with van der Waals surface area (Å²) in [6, 6.07) is 14.2. The summed E-state index contributed by atoms with van der Waals surface area (Å²) in [5.41, 5.74) is 2.43. The Kier molecular flexibility index (Phi) is 4.39. The first kappa shape index (κ1) is 14.7. The summed E-state index contributed by atoms with van der Waals surface area (Å²) in [6.45, 7) is 0. The highest BCUT2D eigenvalue weighted by molar-refractivity contribution is 6.42. The minimum absolute atomic E-state index is 0.141. The summed E-state index contributed by atoms with van der Waals surface area (Å²) in [6.07, 6.45) is 1.93. The summed E-state index contributed by atoms with van der Waals surface area (Å²) in [5.74, 6) is 0.997. The van der Waals surface area contributed by atoms with E-state index in [2.05, 4.69) is 17.4 Å². The predicted molar refractivity (Wildman–Crippen MR) is 87.6 cm³/mol. The van der Waals surface area contributed by atoms with Gasteiger partial charge in [-0.25, -0.2) is 0 Å². The van der Waals surface area contributed by atoms with Crippen molar-refractivity contribution >= 4 is 23.2 Å². The molecule has 0 radical (unpaired) electrons. The molecule has 1 aliphatic heterocycles. The molecule has 1 N–H and O–H groups in total. The maximum Gasteiger partial charge on any atom is 0.123 e. The molecule has 0 spiro atoms. The van der Waals surface area contributed by atoms with Crippen molar-refractivity contribution in [1.82, 2.24) is 5.32 Å². The number of hydrogen-bond donors (Lipinski definition) is 1. The number of likely N-dealkylation sites (N-methyl/N-ethyl adjacent to an activating group) is 1. The normalized spacial score (nSPS) is 18.1. The van der Waals surface area contributed by atoms with Crippen molar-refractivity contribution in [2.75, 3.05) is 7.05 Å². The zero-order valence-corrected chi connectivity index (χ0v) is 13.3. The molecule has 21 heavy (non-hydrogen) atoms. The Hall–Kier alpha value is -1.22. The maximum absolute atomic E-state index is 6.09. The lowest BCUT2D eigenvalue weighted by atomic mass is 9.98. The van der Waals surface area contributed by atoms with Gasteiger partial charge in [0.1, 0.15) is 11.9 Å². The Bertz CT molecular complexity index is 619. The van der Waals surface area contributed by atoms with Crippen molar-refractivity contribution < 1.29 is 4.74 Å². The van der Waals surface area contributed by atoms with Crippen LogP contribution in [0.25, 0.3) is 0 Å². The zero-order chi connectivity index (χ0) is 14.8. The maximum atomic E-state index is 6.09. The molecule has 0 saturated carbocycles. The SMILES string of the molecule is CNC(Cc1ccc(Cl)c(Cl)c1)C1Cc2ccccc2O1. The van der Waals surface area contributed by atoms with Crippen LogP contribution in [-0.2, 0) is 12.8 Å². The van der Waals surface area contributed by atoms with Gasteiger partial charge in [0, 0.05) is 12.5 Å². The van der Waals surface area contributed by atoms with Crippen LogP contribution in [0.5, 0.6) is 5.75 Å². The molecule has 3 rings (SSSR count). The van der Waals surface area contributed by atoms with Crippen molar-refractivity contribution in [3.05, 3.63) is 63.6 Å². The smallest absolute Gasteiger partial charge is 0.123 e. The van der Waals surface area contributed by atoms with E-state index in [4.69, 9.17) is 27.9 Å². The largest absolute Gasteiger partial charge is 0.488 e. The van der Waals surface area contributed by atoms with E-state index in [0.29, 0.717) is 10.0 Å². The number of benzene rings is 2. The van der Waals surface area contributed by atoms with Crippen molar-refractivity contribution in [3.8, 4) is 5.75 Å². The van der Waals surface area contributed by atoms with E-state index in [0.717, 1.165) is 24.2 Å². The zero-order valence-electron chi connectivity index (χ0n) is 11.8. The lowest BCUT2D eigenvalue weighted by molar-refractivity contribution is 0.182. The van der Waals surface area contributed by atoms with E-state index in [1.54, 1.807) is 0 Å². The summed E-state index contributed by atoms with van der Waals surface area (Å²) >= 11 is 12.1. The first-order valence-corrected chi connectivity index (χ1v) is 7.78. The Morgan fingerprint density at radius 3 is 2.71 bits per heavy atom. The Morgan fingerprint density at radius 1 is 1.19 bits per heavy atom. The molecule has 1 aliphatic rings. The summed E-state index contributed by atoms with van der Waals surface area (Å²) in [5, 5.41) is 4.55. The Balaban J connectivity index is 1.73. The molecule has 4 heteroatoms. The molecule has 2 atom stereocenters. The number of hydrogen-bond acceptors (Lipinski definition) is 2. The lowest BCUT2D eigenvalue weighted by Gasteiger charge is -2.23. The fourth-order valence-electron chi connectivity index (χ4n) is 2.77. The van der Waals surface area contributed by atoms with Crippen LogP contribution in [0.15, 0.2) is 42.5 Å². The quantitative estimate of drug-likeness (QED) is 0.914. The molecule has 2 unspecified atom stereocenters. The molecule has 2 nitrogen and oxygen atoms in total. The second-order valence-corrected chi connectivity index (χ2v) is 6.13. The van der Waals surface area contributed by atoms with E-state index in [1.807, 2.05) is 37.4 Å². The van der Waals surface area contributed by atoms with Crippen LogP contribution >= 0.6 is 23.2 Å². The number of fused-ring (bicyclic) bond motifs is 1. The molecular formula is C17H17Cl2NO. The monoisotopic (exact) mass is 321 g/mol. The number of nitrogens with one attached hydrogen (secondary N) is 1. The van der Waals surface area contributed by atoms with Gasteiger partial charge in [-0.3, -0.25) is 0 Å². The van der Waals surface area contributed by atoms with Crippen LogP contribution in [0, 0.1) is 0 Å². The van der Waals surface area contributed by atoms with Crippen molar-refractivity contribution in [2.45, 2.75) is 25.0 Å². The van der Waals surface area contributed by atoms with Gasteiger partial charge in [0.25, 0.3) is 0 Å². The van der Waals surface area contributed by atoms with Gasteiger partial charge in [-0.05, 0) is 42.8 Å². The predicted octanol–water partition coefficient (Wildman–Crippen LogP) is 4.13. The third-order valence-electron chi connectivity index (χ3n) is 3.93. The van der Waals surface area contributed by atoms with Crippen LogP contribution in [-0.4, -0.2) is 19.2 Å². The fraction of sp³-hybridized carbons (Fsp3) is 0.294. The van der Waals surface area contributed by atoms with Crippen molar-refractivity contribution in [1.29, 1.82) is 0 Å². The van der Waals surface area contributed by atoms with Crippen LogP contribution in [0.1, 0.15) is 11.1 Å². The van der Waals surface area contributed by atoms with E-state index >= 15 is 0 Å². The highest BCUT2D eigenvalue weighted by Gasteiger charge is 2.29. The third-order valence-corrected chi connectivity index (χ3v) is 4.67. The van der Waals surface area contributed by atoms with Gasteiger partial charge >= 0.3 is 0 Å². The third kappa shape index (κ3) is 3.18. The average molecular weight is 322 g/mol. The van der Waals surface area contributed by atoms with Gasteiger partial charge in [0.2, 0.25) is 0 Å².